The second-order valence-electron chi connectivity index (χ2n) is 6.77. The molecule has 0 radical (unpaired) electrons. The van der Waals surface area contributed by atoms with E-state index in [0.717, 1.165) is 24.9 Å². The van der Waals surface area contributed by atoms with E-state index in [0.29, 0.717) is 26.1 Å². The highest BCUT2D eigenvalue weighted by molar-refractivity contribution is 5.84. The van der Waals surface area contributed by atoms with Gasteiger partial charge >= 0.3 is 0 Å². The molecule has 26 heavy (non-hydrogen) atoms. The zero-order valence-electron chi connectivity index (χ0n) is 14.8. The quantitative estimate of drug-likeness (QED) is 0.768. The number of benzene rings is 1. The number of hydrogen-bond acceptors (Lipinski definition) is 3. The number of nitrogens with zero attached hydrogens (tertiary/aromatic N) is 3. The number of carbonyl (C=O) groups is 1. The molecule has 136 valence electrons. The van der Waals surface area contributed by atoms with Crippen molar-refractivity contribution in [1.29, 1.82) is 0 Å². The third kappa shape index (κ3) is 3.80. The predicted octanol–water partition coefficient (Wildman–Crippen LogP) is 2.61. The Bertz CT molecular complexity index is 856. The summed E-state index contributed by atoms with van der Waals surface area (Å²) >= 11 is 0. The summed E-state index contributed by atoms with van der Waals surface area (Å²) in [5, 5.41) is 5.44. The van der Waals surface area contributed by atoms with E-state index in [9.17, 15) is 4.79 Å². The highest BCUT2D eigenvalue weighted by Gasteiger charge is 2.23. The Morgan fingerprint density at radius 2 is 2.23 bits per heavy atom. The van der Waals surface area contributed by atoms with Crippen LogP contribution in [0.4, 0.5) is 0 Å². The summed E-state index contributed by atoms with van der Waals surface area (Å²) in [5.41, 5.74) is 2.32. The van der Waals surface area contributed by atoms with E-state index in [2.05, 4.69) is 22.2 Å². The summed E-state index contributed by atoms with van der Waals surface area (Å²) in [5.74, 6) is 0.200. The first kappa shape index (κ1) is 16.8. The molecule has 3 heterocycles. The Morgan fingerprint density at radius 3 is 3.12 bits per heavy atom. The Kier molecular flexibility index (Phi) is 5.02. The van der Waals surface area contributed by atoms with Crippen LogP contribution < -0.4 is 0 Å². The van der Waals surface area contributed by atoms with Crippen molar-refractivity contribution >= 4 is 16.8 Å². The largest absolute Gasteiger partial charge is 0.374 e. The Morgan fingerprint density at radius 1 is 1.31 bits per heavy atom. The molecule has 6 heteroatoms. The molecular weight excluding hydrogens is 328 g/mol. The molecule has 1 fully saturated rings. The first-order chi connectivity index (χ1) is 12.8. The van der Waals surface area contributed by atoms with Crippen LogP contribution in [0, 0.1) is 0 Å². The monoisotopic (exact) mass is 352 g/mol. The molecule has 1 aliphatic rings. The second-order valence-corrected chi connectivity index (χ2v) is 6.77. The van der Waals surface area contributed by atoms with Crippen LogP contribution in [0.1, 0.15) is 18.4 Å². The van der Waals surface area contributed by atoms with Gasteiger partial charge in [-0.2, -0.15) is 5.10 Å². The Labute approximate surface area is 152 Å². The maximum Gasteiger partial charge on any atom is 0.222 e. The van der Waals surface area contributed by atoms with Crippen LogP contribution in [0.15, 0.2) is 48.9 Å². The number of nitrogens with one attached hydrogen (secondary N) is 1. The van der Waals surface area contributed by atoms with Gasteiger partial charge in [0.2, 0.25) is 5.91 Å². The summed E-state index contributed by atoms with van der Waals surface area (Å²) in [6, 6.07) is 10.1. The normalized spacial score (nSPS) is 18.2. The van der Waals surface area contributed by atoms with Crippen LogP contribution in [0.2, 0.25) is 0 Å². The topological polar surface area (TPSA) is 63.1 Å². The molecule has 3 aromatic rings. The lowest BCUT2D eigenvalue weighted by Gasteiger charge is -2.24. The third-order valence-corrected chi connectivity index (χ3v) is 4.94. The van der Waals surface area contributed by atoms with Gasteiger partial charge in [0, 0.05) is 55.6 Å². The maximum absolute atomic E-state index is 12.8. The van der Waals surface area contributed by atoms with Crippen LogP contribution in [0.5, 0.6) is 0 Å². The smallest absolute Gasteiger partial charge is 0.222 e. The van der Waals surface area contributed by atoms with E-state index >= 15 is 0 Å². The summed E-state index contributed by atoms with van der Waals surface area (Å²) in [6.07, 6.45) is 7.87. The molecule has 1 atom stereocenters. The Hall–Kier alpha value is -2.60. The number of hydrogen-bond donors (Lipinski definition) is 1. The number of H-pyrrole nitrogens is 1. The van der Waals surface area contributed by atoms with E-state index in [1.807, 2.05) is 40.2 Å². The lowest BCUT2D eigenvalue weighted by molar-refractivity contribution is -0.132. The summed E-state index contributed by atoms with van der Waals surface area (Å²) in [7, 11) is 0. The average Bonchev–Trinajstić information content (AvgIpc) is 3.25. The molecule has 1 amide bonds. The van der Waals surface area contributed by atoms with Crippen molar-refractivity contribution in [3.05, 3.63) is 54.5 Å². The maximum atomic E-state index is 12.8. The number of amides is 1. The Balaban J connectivity index is 1.37. The first-order valence-electron chi connectivity index (χ1n) is 9.21. The van der Waals surface area contributed by atoms with Gasteiger partial charge in [0.1, 0.15) is 0 Å². The molecular formula is C20H24N4O2. The average molecular weight is 352 g/mol. The van der Waals surface area contributed by atoms with E-state index in [-0.39, 0.29) is 12.0 Å². The van der Waals surface area contributed by atoms with E-state index in [4.69, 9.17) is 4.74 Å². The SMILES string of the molecule is O=C(CCc1c[nH]c2ccccc12)N1CCCOC(Cn2cccn2)C1. The minimum absolute atomic E-state index is 0.00515. The van der Waals surface area contributed by atoms with Gasteiger partial charge in [-0.3, -0.25) is 9.48 Å². The zero-order chi connectivity index (χ0) is 17.8. The van der Waals surface area contributed by atoms with Crippen molar-refractivity contribution in [3.8, 4) is 0 Å². The fraction of sp³-hybridized carbons (Fsp3) is 0.400. The van der Waals surface area contributed by atoms with Gasteiger partial charge in [-0.15, -0.1) is 0 Å². The molecule has 0 bridgehead atoms. The number of aromatic nitrogens is 3. The van der Waals surface area contributed by atoms with Gasteiger partial charge in [0.15, 0.2) is 0 Å². The van der Waals surface area contributed by atoms with Crippen LogP contribution in [0.3, 0.4) is 0 Å². The molecule has 6 nitrogen and oxygen atoms in total. The van der Waals surface area contributed by atoms with Gasteiger partial charge in [0.05, 0.1) is 12.6 Å². The molecule has 1 N–H and O–H groups in total. The molecule has 1 saturated heterocycles. The van der Waals surface area contributed by atoms with Crippen LogP contribution in [-0.4, -0.2) is 51.4 Å². The zero-order valence-corrected chi connectivity index (χ0v) is 14.8. The van der Waals surface area contributed by atoms with Crippen LogP contribution in [0.25, 0.3) is 10.9 Å². The number of ether oxygens (including phenoxy) is 1. The molecule has 4 rings (SSSR count). The van der Waals surface area contributed by atoms with Gasteiger partial charge in [-0.1, -0.05) is 18.2 Å². The fourth-order valence-electron chi connectivity index (χ4n) is 3.59. The summed E-state index contributed by atoms with van der Waals surface area (Å²) in [6.45, 7) is 2.77. The van der Waals surface area contributed by atoms with Gasteiger partial charge < -0.3 is 14.6 Å². The standard InChI is InChI=1S/C20H24N4O2/c25-20(8-7-16-13-21-19-6-2-1-5-18(16)19)23-10-4-12-26-17(14-23)15-24-11-3-9-22-24/h1-3,5-6,9,11,13,17,21H,4,7-8,10,12,14-15H2. The minimum Gasteiger partial charge on any atom is -0.374 e. The third-order valence-electron chi connectivity index (χ3n) is 4.94. The van der Waals surface area contributed by atoms with Crippen molar-refractivity contribution in [3.63, 3.8) is 0 Å². The number of aryl methyl sites for hydroxylation is 1. The molecule has 0 aliphatic carbocycles. The van der Waals surface area contributed by atoms with Crippen LogP contribution in [-0.2, 0) is 22.5 Å². The highest BCUT2D eigenvalue weighted by atomic mass is 16.5. The molecule has 1 aliphatic heterocycles. The van der Waals surface area contributed by atoms with E-state index in [1.165, 1.54) is 10.9 Å². The van der Waals surface area contributed by atoms with Gasteiger partial charge in [-0.25, -0.2) is 0 Å². The number of carbonyl (C=O) groups excluding carboxylic acids is 1. The number of aromatic amines is 1. The molecule has 0 spiro atoms. The van der Waals surface area contributed by atoms with Gasteiger partial charge in [-0.05, 0) is 30.5 Å². The molecule has 1 unspecified atom stereocenters. The van der Waals surface area contributed by atoms with Crippen molar-refractivity contribution in [2.75, 3.05) is 19.7 Å². The number of rotatable bonds is 5. The first-order valence-corrected chi connectivity index (χ1v) is 9.21. The highest BCUT2D eigenvalue weighted by Crippen LogP contribution is 2.19. The number of para-hydroxylation sites is 1. The molecule has 0 saturated carbocycles. The van der Waals surface area contributed by atoms with Crippen molar-refractivity contribution in [2.24, 2.45) is 0 Å². The van der Waals surface area contributed by atoms with E-state index in [1.54, 1.807) is 6.20 Å². The predicted molar refractivity (Wildman–Crippen MR) is 99.8 cm³/mol. The number of fused-ring (bicyclic) bond motifs is 1. The fourth-order valence-corrected chi connectivity index (χ4v) is 3.59. The summed E-state index contributed by atoms with van der Waals surface area (Å²) < 4.78 is 7.77. The van der Waals surface area contributed by atoms with Crippen molar-refractivity contribution in [2.45, 2.75) is 31.9 Å². The van der Waals surface area contributed by atoms with Crippen LogP contribution >= 0.6 is 0 Å². The van der Waals surface area contributed by atoms with Crippen molar-refractivity contribution < 1.29 is 9.53 Å². The van der Waals surface area contributed by atoms with E-state index < -0.39 is 0 Å². The van der Waals surface area contributed by atoms with Crippen molar-refractivity contribution in [1.82, 2.24) is 19.7 Å². The lowest BCUT2D eigenvalue weighted by Crippen LogP contribution is -2.38. The summed E-state index contributed by atoms with van der Waals surface area (Å²) in [4.78, 5) is 18.0. The molecule has 2 aromatic heterocycles. The minimum atomic E-state index is -0.00515. The second kappa shape index (κ2) is 7.74. The van der Waals surface area contributed by atoms with Gasteiger partial charge in [0.25, 0.3) is 0 Å². The molecule has 1 aromatic carbocycles. The lowest BCUT2D eigenvalue weighted by atomic mass is 10.1.